The topological polar surface area (TPSA) is 41.5 Å². The molecule has 1 saturated heterocycles. The zero-order valence-electron chi connectivity index (χ0n) is 12.0. The first-order chi connectivity index (χ1) is 9.14. The Morgan fingerprint density at radius 2 is 1.74 bits per heavy atom. The second kappa shape index (κ2) is 4.44. The van der Waals surface area contributed by atoms with Crippen molar-refractivity contribution in [2.75, 3.05) is 13.2 Å². The van der Waals surface area contributed by atoms with Gasteiger partial charge in [-0.2, -0.15) is 0 Å². The molecule has 4 aliphatic carbocycles. The number of hydrogen-bond acceptors (Lipinski definition) is 3. The van der Waals surface area contributed by atoms with E-state index >= 15 is 0 Å². The van der Waals surface area contributed by atoms with Crippen molar-refractivity contribution in [3.63, 3.8) is 0 Å². The lowest BCUT2D eigenvalue weighted by Crippen LogP contribution is -2.58. The summed E-state index contributed by atoms with van der Waals surface area (Å²) in [5.74, 6) is 3.82. The first-order valence-corrected chi connectivity index (χ1v) is 8.21. The van der Waals surface area contributed by atoms with Crippen LogP contribution >= 0.6 is 0 Å². The Morgan fingerprint density at radius 1 is 1.11 bits per heavy atom. The Labute approximate surface area is 116 Å². The van der Waals surface area contributed by atoms with E-state index in [1.807, 2.05) is 6.92 Å². The molecule has 2 atom stereocenters. The molecule has 5 rings (SSSR count). The Morgan fingerprint density at radius 3 is 2.26 bits per heavy atom. The van der Waals surface area contributed by atoms with Gasteiger partial charge in [-0.15, -0.1) is 0 Å². The molecule has 0 radical (unpaired) electrons. The van der Waals surface area contributed by atoms with E-state index in [2.05, 4.69) is 5.32 Å². The predicted molar refractivity (Wildman–Crippen MR) is 73.8 cm³/mol. The van der Waals surface area contributed by atoms with Gasteiger partial charge in [-0.05, 0) is 62.7 Å². The van der Waals surface area contributed by atoms with Gasteiger partial charge in [0.05, 0.1) is 6.10 Å². The van der Waals surface area contributed by atoms with Gasteiger partial charge in [-0.3, -0.25) is 0 Å². The van der Waals surface area contributed by atoms with Crippen LogP contribution in [0.2, 0.25) is 0 Å². The van der Waals surface area contributed by atoms with Crippen LogP contribution in [0.15, 0.2) is 0 Å². The van der Waals surface area contributed by atoms with Crippen molar-refractivity contribution in [3.8, 4) is 0 Å². The molecule has 0 spiro atoms. The number of aliphatic hydroxyl groups is 1. The molecule has 0 aromatic carbocycles. The maximum atomic E-state index is 10.6. The van der Waals surface area contributed by atoms with Gasteiger partial charge >= 0.3 is 0 Å². The molecule has 0 amide bonds. The fourth-order valence-electron chi connectivity index (χ4n) is 5.56. The van der Waals surface area contributed by atoms with Crippen molar-refractivity contribution in [2.24, 2.45) is 23.7 Å². The van der Waals surface area contributed by atoms with E-state index in [-0.39, 0.29) is 6.10 Å². The second-order valence-electron chi connectivity index (χ2n) is 7.70. The lowest BCUT2D eigenvalue weighted by molar-refractivity contribution is -0.0488. The molecular weight excluding hydrogens is 238 g/mol. The summed E-state index contributed by atoms with van der Waals surface area (Å²) >= 11 is 0. The molecule has 0 aromatic rings. The third-order valence-electron chi connectivity index (χ3n) is 6.53. The number of rotatable bonds is 3. The van der Waals surface area contributed by atoms with E-state index in [4.69, 9.17) is 4.74 Å². The number of hydrogen-bond donors (Lipinski definition) is 2. The minimum Gasteiger partial charge on any atom is -0.386 e. The predicted octanol–water partition coefficient (Wildman–Crippen LogP) is 1.94. The largest absolute Gasteiger partial charge is 0.386 e. The van der Waals surface area contributed by atoms with Gasteiger partial charge in [0, 0.05) is 25.6 Å². The molecule has 4 bridgehead atoms. The Balaban J connectivity index is 1.41. The average Bonchev–Trinajstić information content (AvgIpc) is 2.68. The lowest BCUT2D eigenvalue weighted by Gasteiger charge is -2.55. The summed E-state index contributed by atoms with van der Waals surface area (Å²) in [5, 5.41) is 14.4. The van der Waals surface area contributed by atoms with E-state index < -0.39 is 5.60 Å². The summed E-state index contributed by atoms with van der Waals surface area (Å²) in [5.41, 5.74) is -0.630. The van der Waals surface area contributed by atoms with Crippen molar-refractivity contribution in [1.82, 2.24) is 5.32 Å². The summed E-state index contributed by atoms with van der Waals surface area (Å²) in [6.45, 7) is 3.44. The maximum Gasteiger partial charge on any atom is 0.105 e. The third kappa shape index (κ3) is 2.05. The first-order valence-electron chi connectivity index (χ1n) is 8.21. The highest BCUT2D eigenvalue weighted by Crippen LogP contribution is 2.53. The average molecular weight is 265 g/mol. The first kappa shape index (κ1) is 12.6. The van der Waals surface area contributed by atoms with E-state index in [9.17, 15) is 5.11 Å². The van der Waals surface area contributed by atoms with Gasteiger partial charge in [0.1, 0.15) is 5.60 Å². The highest BCUT2D eigenvalue weighted by atomic mass is 16.5. The Kier molecular flexibility index (Phi) is 2.95. The van der Waals surface area contributed by atoms with Gasteiger partial charge in [-0.1, -0.05) is 0 Å². The number of nitrogens with one attached hydrogen (secondary N) is 1. The van der Waals surface area contributed by atoms with Crippen molar-refractivity contribution < 1.29 is 9.84 Å². The van der Waals surface area contributed by atoms with E-state index in [1.165, 1.54) is 32.1 Å². The van der Waals surface area contributed by atoms with Gasteiger partial charge in [0.15, 0.2) is 0 Å². The van der Waals surface area contributed by atoms with Crippen molar-refractivity contribution in [3.05, 3.63) is 0 Å². The van der Waals surface area contributed by atoms with Crippen LogP contribution in [-0.4, -0.2) is 36.0 Å². The molecule has 3 nitrogen and oxygen atoms in total. The SMILES string of the molecule is CC1OCCC1(O)CNC1C2CC3CC(C2)CC1C3. The smallest absolute Gasteiger partial charge is 0.105 e. The minimum atomic E-state index is -0.630. The quantitative estimate of drug-likeness (QED) is 0.819. The zero-order valence-corrected chi connectivity index (χ0v) is 12.0. The zero-order chi connectivity index (χ0) is 13.0. The Hall–Kier alpha value is -0.120. The molecule has 108 valence electrons. The highest BCUT2D eigenvalue weighted by Gasteiger charge is 2.49. The van der Waals surface area contributed by atoms with Gasteiger partial charge in [0.25, 0.3) is 0 Å². The Bertz CT molecular complexity index is 331. The van der Waals surface area contributed by atoms with Crippen molar-refractivity contribution >= 4 is 0 Å². The van der Waals surface area contributed by atoms with Crippen molar-refractivity contribution in [1.29, 1.82) is 0 Å². The molecule has 4 saturated carbocycles. The second-order valence-corrected chi connectivity index (χ2v) is 7.70. The number of ether oxygens (including phenoxy) is 1. The summed E-state index contributed by atoms with van der Waals surface area (Å²) in [6.07, 6.45) is 8.04. The van der Waals surface area contributed by atoms with Crippen LogP contribution in [0.3, 0.4) is 0 Å². The highest BCUT2D eigenvalue weighted by molar-refractivity contribution is 5.03. The molecule has 5 fully saturated rings. The summed E-state index contributed by atoms with van der Waals surface area (Å²) in [4.78, 5) is 0. The molecule has 1 aliphatic heterocycles. The van der Waals surface area contributed by atoms with Crippen LogP contribution in [0.5, 0.6) is 0 Å². The van der Waals surface area contributed by atoms with Crippen LogP contribution in [0.25, 0.3) is 0 Å². The standard InChI is InChI=1S/C16H27NO2/c1-10-16(18,2-3-19-10)9-17-15-13-5-11-4-12(7-13)8-14(15)6-11/h10-15,17-18H,2-9H2,1H3. The van der Waals surface area contributed by atoms with Gasteiger partial charge < -0.3 is 15.2 Å². The summed E-state index contributed by atoms with van der Waals surface area (Å²) in [6, 6.07) is 0.671. The molecule has 2 unspecified atom stereocenters. The normalized spacial score (nSPS) is 55.9. The lowest BCUT2D eigenvalue weighted by atomic mass is 9.54. The fraction of sp³-hybridized carbons (Fsp3) is 1.00. The summed E-state index contributed by atoms with van der Waals surface area (Å²) < 4.78 is 5.54. The van der Waals surface area contributed by atoms with Gasteiger partial charge in [-0.25, -0.2) is 0 Å². The van der Waals surface area contributed by atoms with Crippen LogP contribution in [0, 0.1) is 23.7 Å². The van der Waals surface area contributed by atoms with Crippen LogP contribution in [0.1, 0.15) is 45.4 Å². The van der Waals surface area contributed by atoms with E-state index in [0.717, 1.165) is 36.6 Å². The molecule has 2 N–H and O–H groups in total. The monoisotopic (exact) mass is 265 g/mol. The van der Waals surface area contributed by atoms with Crippen LogP contribution in [0.4, 0.5) is 0 Å². The molecule has 0 aromatic heterocycles. The third-order valence-corrected chi connectivity index (χ3v) is 6.53. The van der Waals surface area contributed by atoms with E-state index in [1.54, 1.807) is 0 Å². The summed E-state index contributed by atoms with van der Waals surface area (Å²) in [7, 11) is 0. The van der Waals surface area contributed by atoms with Crippen LogP contribution < -0.4 is 5.32 Å². The molecule has 19 heavy (non-hydrogen) atoms. The van der Waals surface area contributed by atoms with E-state index in [0.29, 0.717) is 12.6 Å². The molecular formula is C16H27NO2. The molecule has 3 heteroatoms. The van der Waals surface area contributed by atoms with Crippen molar-refractivity contribution in [2.45, 2.75) is 63.2 Å². The van der Waals surface area contributed by atoms with Crippen LogP contribution in [-0.2, 0) is 4.74 Å². The fourth-order valence-corrected chi connectivity index (χ4v) is 5.56. The maximum absolute atomic E-state index is 10.6. The minimum absolute atomic E-state index is 0.0168. The molecule has 5 aliphatic rings. The van der Waals surface area contributed by atoms with Gasteiger partial charge in [0.2, 0.25) is 0 Å². The molecule has 1 heterocycles.